The molecule has 116 valence electrons. The molecule has 0 aromatic heterocycles. The Kier molecular flexibility index (Phi) is 5.33. The number of likely N-dealkylation sites (tertiary alicyclic amines) is 1. The zero-order valence-corrected chi connectivity index (χ0v) is 15.4. The zero-order chi connectivity index (χ0) is 15.5. The molecule has 0 aliphatic carbocycles. The lowest BCUT2D eigenvalue weighted by Gasteiger charge is -2.27. The molecule has 0 radical (unpaired) electrons. The third kappa shape index (κ3) is 3.79. The Bertz CT molecular complexity index is 626. The minimum absolute atomic E-state index is 0.0491. The summed E-state index contributed by atoms with van der Waals surface area (Å²) < 4.78 is 1.69. The number of carbonyl (C=O) groups is 1. The van der Waals surface area contributed by atoms with Crippen LogP contribution in [-0.4, -0.2) is 34.9 Å². The highest BCUT2D eigenvalue weighted by Crippen LogP contribution is 2.32. The fourth-order valence-electron chi connectivity index (χ4n) is 2.82. The van der Waals surface area contributed by atoms with Crippen LogP contribution in [0.25, 0.3) is 6.08 Å². The number of amides is 1. The van der Waals surface area contributed by atoms with E-state index in [1.807, 2.05) is 30.3 Å². The average Bonchev–Trinajstić information content (AvgIpc) is 2.76. The number of benzene rings is 1. The molecule has 6 heteroatoms. The van der Waals surface area contributed by atoms with Crippen molar-refractivity contribution in [3.05, 3.63) is 39.2 Å². The number of piperidine rings is 1. The number of thiocarbonyl (C=S) groups is 1. The number of carbonyl (C=O) groups excluding carboxylic acids is 1. The summed E-state index contributed by atoms with van der Waals surface area (Å²) in [4.78, 5) is 16.6. The summed E-state index contributed by atoms with van der Waals surface area (Å²) in [6.45, 7) is 2.99. The SMILES string of the molecule is O=C1/C(=C\c2cccc(Br)c2)SC(=S)N1C[NH+]1CCCCC1. The first-order chi connectivity index (χ1) is 10.6. The fraction of sp³-hybridized carbons (Fsp3) is 0.375. The van der Waals surface area contributed by atoms with Gasteiger partial charge in [-0.2, -0.15) is 0 Å². The molecule has 1 amide bonds. The molecule has 1 aromatic rings. The van der Waals surface area contributed by atoms with Crippen molar-refractivity contribution < 1.29 is 9.69 Å². The van der Waals surface area contributed by atoms with Crippen molar-refractivity contribution in [1.29, 1.82) is 0 Å². The van der Waals surface area contributed by atoms with Crippen LogP contribution in [0.4, 0.5) is 0 Å². The van der Waals surface area contributed by atoms with Gasteiger partial charge in [0.05, 0.1) is 18.0 Å². The van der Waals surface area contributed by atoms with E-state index in [1.54, 1.807) is 4.90 Å². The van der Waals surface area contributed by atoms with Gasteiger partial charge >= 0.3 is 0 Å². The topological polar surface area (TPSA) is 24.8 Å². The quantitative estimate of drug-likeness (QED) is 0.626. The summed E-state index contributed by atoms with van der Waals surface area (Å²) in [5.74, 6) is 0.0491. The molecule has 2 aliphatic heterocycles. The van der Waals surface area contributed by atoms with E-state index in [2.05, 4.69) is 15.9 Å². The van der Waals surface area contributed by atoms with Crippen LogP contribution in [0.1, 0.15) is 24.8 Å². The van der Waals surface area contributed by atoms with Gasteiger partial charge in [-0.3, -0.25) is 4.79 Å². The second-order valence-electron chi connectivity index (χ2n) is 5.63. The number of nitrogens with zero attached hydrogens (tertiary/aromatic N) is 1. The standard InChI is InChI=1S/C16H17BrN2OS2/c17-13-6-4-5-12(9-13)10-14-15(20)19(16(21)22-14)11-18-7-2-1-3-8-18/h4-6,9-10H,1-3,7-8,11H2/p+1/b14-10+. The molecule has 0 unspecified atom stereocenters. The Morgan fingerprint density at radius 3 is 2.82 bits per heavy atom. The van der Waals surface area contributed by atoms with Gasteiger partial charge in [-0.15, -0.1) is 0 Å². The molecule has 2 fully saturated rings. The van der Waals surface area contributed by atoms with Crippen LogP contribution in [0.3, 0.4) is 0 Å². The molecule has 0 atom stereocenters. The number of hydrogen-bond donors (Lipinski definition) is 1. The number of halogens is 1. The normalized spacial score (nSPS) is 21.9. The number of thioether (sulfide) groups is 1. The lowest BCUT2D eigenvalue weighted by molar-refractivity contribution is -0.911. The third-order valence-electron chi connectivity index (χ3n) is 3.96. The minimum atomic E-state index is 0.0491. The van der Waals surface area contributed by atoms with E-state index in [1.165, 1.54) is 35.9 Å². The van der Waals surface area contributed by atoms with E-state index in [4.69, 9.17) is 12.2 Å². The monoisotopic (exact) mass is 397 g/mol. The summed E-state index contributed by atoms with van der Waals surface area (Å²) >= 11 is 10.3. The van der Waals surface area contributed by atoms with Crippen molar-refractivity contribution in [2.24, 2.45) is 0 Å². The van der Waals surface area contributed by atoms with Crippen molar-refractivity contribution in [2.75, 3.05) is 19.8 Å². The minimum Gasteiger partial charge on any atom is -0.317 e. The summed E-state index contributed by atoms with van der Waals surface area (Å²) in [5, 5.41) is 0. The van der Waals surface area contributed by atoms with Crippen LogP contribution in [0.2, 0.25) is 0 Å². The number of nitrogens with one attached hydrogen (secondary N) is 1. The van der Waals surface area contributed by atoms with Gasteiger partial charge in [0.15, 0.2) is 11.0 Å². The number of hydrogen-bond acceptors (Lipinski definition) is 3. The van der Waals surface area contributed by atoms with Gasteiger partial charge in [-0.25, -0.2) is 4.90 Å². The molecular formula is C16H18BrN2OS2+. The van der Waals surface area contributed by atoms with E-state index in [9.17, 15) is 4.79 Å². The predicted octanol–water partition coefficient (Wildman–Crippen LogP) is 2.68. The van der Waals surface area contributed by atoms with Crippen LogP contribution in [-0.2, 0) is 4.79 Å². The number of rotatable bonds is 3. The molecule has 2 saturated heterocycles. The summed E-state index contributed by atoms with van der Waals surface area (Å²) in [7, 11) is 0. The second kappa shape index (κ2) is 7.25. The molecule has 0 spiro atoms. The maximum atomic E-state index is 12.6. The molecule has 1 aromatic carbocycles. The Balaban J connectivity index is 1.73. The predicted molar refractivity (Wildman–Crippen MR) is 98.6 cm³/mol. The first-order valence-corrected chi connectivity index (χ1v) is 9.50. The molecule has 0 bridgehead atoms. The van der Waals surface area contributed by atoms with Crippen molar-refractivity contribution in [3.63, 3.8) is 0 Å². The van der Waals surface area contributed by atoms with Crippen molar-refractivity contribution in [3.8, 4) is 0 Å². The van der Waals surface area contributed by atoms with Gasteiger partial charge in [-0.05, 0) is 43.0 Å². The van der Waals surface area contributed by atoms with Gasteiger partial charge in [0.1, 0.15) is 0 Å². The first-order valence-electron chi connectivity index (χ1n) is 7.48. The molecule has 3 nitrogen and oxygen atoms in total. The Morgan fingerprint density at radius 2 is 2.09 bits per heavy atom. The molecule has 3 rings (SSSR count). The summed E-state index contributed by atoms with van der Waals surface area (Å²) in [5.41, 5.74) is 1.01. The molecule has 22 heavy (non-hydrogen) atoms. The van der Waals surface area contributed by atoms with E-state index >= 15 is 0 Å². The maximum absolute atomic E-state index is 12.6. The Labute approximate surface area is 148 Å². The van der Waals surface area contributed by atoms with Crippen molar-refractivity contribution in [1.82, 2.24) is 4.90 Å². The Hall–Kier alpha value is -0.690. The highest BCUT2D eigenvalue weighted by molar-refractivity contribution is 9.10. The van der Waals surface area contributed by atoms with Crippen molar-refractivity contribution in [2.45, 2.75) is 19.3 Å². The van der Waals surface area contributed by atoms with E-state index in [0.29, 0.717) is 11.0 Å². The number of quaternary nitrogens is 1. The van der Waals surface area contributed by atoms with Gasteiger partial charge in [0, 0.05) is 4.47 Å². The van der Waals surface area contributed by atoms with E-state index < -0.39 is 0 Å². The van der Waals surface area contributed by atoms with Gasteiger partial charge in [-0.1, -0.05) is 52.0 Å². The average molecular weight is 398 g/mol. The summed E-state index contributed by atoms with van der Waals surface area (Å²) in [6, 6.07) is 7.94. The van der Waals surface area contributed by atoms with Gasteiger partial charge in [0.25, 0.3) is 5.91 Å². The third-order valence-corrected chi connectivity index (χ3v) is 5.83. The molecule has 1 N–H and O–H groups in total. The van der Waals surface area contributed by atoms with Gasteiger partial charge in [0.2, 0.25) is 0 Å². The highest BCUT2D eigenvalue weighted by atomic mass is 79.9. The van der Waals surface area contributed by atoms with E-state index in [0.717, 1.165) is 28.0 Å². The molecule has 0 saturated carbocycles. The lowest BCUT2D eigenvalue weighted by Crippen LogP contribution is -3.14. The first kappa shape index (κ1) is 16.2. The largest absolute Gasteiger partial charge is 0.317 e. The smallest absolute Gasteiger partial charge is 0.270 e. The zero-order valence-electron chi connectivity index (χ0n) is 12.2. The lowest BCUT2D eigenvalue weighted by atomic mass is 10.1. The highest BCUT2D eigenvalue weighted by Gasteiger charge is 2.34. The van der Waals surface area contributed by atoms with Crippen LogP contribution in [0.15, 0.2) is 33.6 Å². The van der Waals surface area contributed by atoms with Crippen molar-refractivity contribution >= 4 is 56.2 Å². The van der Waals surface area contributed by atoms with Crippen LogP contribution < -0.4 is 4.90 Å². The fourth-order valence-corrected chi connectivity index (χ4v) is 4.49. The summed E-state index contributed by atoms with van der Waals surface area (Å²) in [6.07, 6.45) is 5.73. The second-order valence-corrected chi connectivity index (χ2v) is 8.22. The maximum Gasteiger partial charge on any atom is 0.270 e. The molecule has 2 heterocycles. The van der Waals surface area contributed by atoms with E-state index in [-0.39, 0.29) is 5.91 Å². The Morgan fingerprint density at radius 1 is 1.32 bits per heavy atom. The van der Waals surface area contributed by atoms with Crippen LogP contribution in [0, 0.1) is 0 Å². The van der Waals surface area contributed by atoms with Crippen LogP contribution in [0.5, 0.6) is 0 Å². The van der Waals surface area contributed by atoms with Crippen LogP contribution >= 0.6 is 39.9 Å². The molecular weight excluding hydrogens is 380 g/mol. The van der Waals surface area contributed by atoms with Gasteiger partial charge < -0.3 is 4.90 Å². The molecule has 2 aliphatic rings.